The third-order valence-electron chi connectivity index (χ3n) is 6.72. The second-order valence-corrected chi connectivity index (χ2v) is 12.0. The SMILES string of the molecule is Cc1ccc(C(=O)N[C@H](C(=O)OCC(=O)N(C2CCCCC2)C2CCS(=O)(=O)C2)C(C)C)cc1. The Kier molecular flexibility index (Phi) is 8.73. The number of rotatable bonds is 8. The topological polar surface area (TPSA) is 110 Å². The molecule has 2 fully saturated rings. The number of carbonyl (C=O) groups is 3. The second kappa shape index (κ2) is 11.3. The molecule has 1 aliphatic carbocycles. The molecule has 1 unspecified atom stereocenters. The van der Waals surface area contributed by atoms with Crippen molar-refractivity contribution in [3.05, 3.63) is 35.4 Å². The van der Waals surface area contributed by atoms with Gasteiger partial charge in [-0.3, -0.25) is 9.59 Å². The lowest BCUT2D eigenvalue weighted by atomic mass is 9.93. The van der Waals surface area contributed by atoms with Crippen LogP contribution in [0.25, 0.3) is 0 Å². The smallest absolute Gasteiger partial charge is 0.329 e. The number of sulfone groups is 1. The van der Waals surface area contributed by atoms with Crippen molar-refractivity contribution in [2.75, 3.05) is 18.1 Å². The Morgan fingerprint density at radius 2 is 1.68 bits per heavy atom. The fraction of sp³-hybridized carbons (Fsp3) is 0.640. The van der Waals surface area contributed by atoms with Crippen LogP contribution in [0.1, 0.15) is 68.3 Å². The zero-order valence-electron chi connectivity index (χ0n) is 20.3. The molecule has 0 bridgehead atoms. The maximum atomic E-state index is 13.2. The van der Waals surface area contributed by atoms with Crippen molar-refractivity contribution in [3.63, 3.8) is 0 Å². The number of hydrogen-bond acceptors (Lipinski definition) is 6. The summed E-state index contributed by atoms with van der Waals surface area (Å²) in [4.78, 5) is 40.3. The molecule has 8 nitrogen and oxygen atoms in total. The first-order chi connectivity index (χ1) is 16.1. The van der Waals surface area contributed by atoms with Gasteiger partial charge in [-0.25, -0.2) is 13.2 Å². The predicted octanol–water partition coefficient (Wildman–Crippen LogP) is 2.64. The average molecular weight is 493 g/mol. The highest BCUT2D eigenvalue weighted by Crippen LogP contribution is 2.28. The summed E-state index contributed by atoms with van der Waals surface area (Å²) in [5.74, 6) is -1.63. The van der Waals surface area contributed by atoms with Crippen LogP contribution < -0.4 is 5.32 Å². The summed E-state index contributed by atoms with van der Waals surface area (Å²) in [5, 5.41) is 2.72. The highest BCUT2D eigenvalue weighted by molar-refractivity contribution is 7.91. The first kappa shape index (κ1) is 26.2. The van der Waals surface area contributed by atoms with Crippen LogP contribution in [0.15, 0.2) is 24.3 Å². The number of aryl methyl sites for hydroxylation is 1. The van der Waals surface area contributed by atoms with E-state index in [0.717, 1.165) is 37.7 Å². The van der Waals surface area contributed by atoms with E-state index in [1.807, 2.05) is 19.1 Å². The average Bonchev–Trinajstić information content (AvgIpc) is 3.15. The van der Waals surface area contributed by atoms with Gasteiger partial charge in [0.2, 0.25) is 0 Å². The van der Waals surface area contributed by atoms with Crippen LogP contribution in [-0.4, -0.2) is 67.3 Å². The molecular weight excluding hydrogens is 456 g/mol. The second-order valence-electron chi connectivity index (χ2n) is 9.82. The van der Waals surface area contributed by atoms with Gasteiger partial charge in [-0.1, -0.05) is 50.8 Å². The van der Waals surface area contributed by atoms with Gasteiger partial charge in [-0.05, 0) is 44.2 Å². The van der Waals surface area contributed by atoms with E-state index in [0.29, 0.717) is 12.0 Å². The van der Waals surface area contributed by atoms with Crippen molar-refractivity contribution in [2.45, 2.75) is 77.4 Å². The molecule has 2 aliphatic rings. The van der Waals surface area contributed by atoms with E-state index in [4.69, 9.17) is 4.74 Å². The van der Waals surface area contributed by atoms with E-state index < -0.39 is 28.5 Å². The summed E-state index contributed by atoms with van der Waals surface area (Å²) in [5.41, 5.74) is 1.46. The van der Waals surface area contributed by atoms with Crippen LogP contribution in [0, 0.1) is 12.8 Å². The number of nitrogens with zero attached hydrogens (tertiary/aromatic N) is 1. The molecule has 34 heavy (non-hydrogen) atoms. The Balaban J connectivity index is 1.64. The van der Waals surface area contributed by atoms with Gasteiger partial charge in [0.05, 0.1) is 11.5 Å². The highest BCUT2D eigenvalue weighted by Gasteiger charge is 2.39. The summed E-state index contributed by atoms with van der Waals surface area (Å²) in [7, 11) is -3.16. The Morgan fingerprint density at radius 1 is 1.03 bits per heavy atom. The van der Waals surface area contributed by atoms with Gasteiger partial charge >= 0.3 is 5.97 Å². The van der Waals surface area contributed by atoms with E-state index in [9.17, 15) is 22.8 Å². The summed E-state index contributed by atoms with van der Waals surface area (Å²) in [6.45, 7) is 5.04. The number of carbonyl (C=O) groups excluding carboxylic acids is 3. The van der Waals surface area contributed by atoms with Gasteiger partial charge in [0.25, 0.3) is 11.8 Å². The van der Waals surface area contributed by atoms with Gasteiger partial charge in [0.15, 0.2) is 16.4 Å². The summed E-state index contributed by atoms with van der Waals surface area (Å²) < 4.78 is 29.5. The lowest BCUT2D eigenvalue weighted by Gasteiger charge is -2.38. The molecular formula is C25H36N2O6S. The highest BCUT2D eigenvalue weighted by atomic mass is 32.2. The Morgan fingerprint density at radius 3 is 2.24 bits per heavy atom. The quantitative estimate of drug-likeness (QED) is 0.559. The Hall–Kier alpha value is -2.42. The minimum Gasteiger partial charge on any atom is -0.454 e. The van der Waals surface area contributed by atoms with Crippen LogP contribution in [0.3, 0.4) is 0 Å². The number of ether oxygens (including phenoxy) is 1. The van der Waals surface area contributed by atoms with Crippen LogP contribution in [0.4, 0.5) is 0 Å². The molecule has 1 aromatic carbocycles. The predicted molar refractivity (Wildman–Crippen MR) is 129 cm³/mol. The molecule has 9 heteroatoms. The largest absolute Gasteiger partial charge is 0.454 e. The van der Waals surface area contributed by atoms with E-state index in [-0.39, 0.29) is 41.3 Å². The third-order valence-corrected chi connectivity index (χ3v) is 8.47. The zero-order chi connectivity index (χ0) is 24.9. The molecule has 1 N–H and O–H groups in total. The zero-order valence-corrected chi connectivity index (χ0v) is 21.1. The van der Waals surface area contributed by atoms with E-state index >= 15 is 0 Å². The van der Waals surface area contributed by atoms with Crippen molar-refractivity contribution in [1.29, 1.82) is 0 Å². The number of amides is 2. The van der Waals surface area contributed by atoms with E-state index in [1.54, 1.807) is 30.9 Å². The van der Waals surface area contributed by atoms with Crippen LogP contribution in [0.5, 0.6) is 0 Å². The number of benzene rings is 1. The normalized spacial score (nSPS) is 21.1. The van der Waals surface area contributed by atoms with Gasteiger partial charge in [0.1, 0.15) is 6.04 Å². The summed E-state index contributed by atoms with van der Waals surface area (Å²) in [6, 6.07) is 5.71. The molecule has 3 rings (SSSR count). The van der Waals surface area contributed by atoms with Crippen molar-refractivity contribution in [3.8, 4) is 0 Å². The van der Waals surface area contributed by atoms with Crippen molar-refractivity contribution in [1.82, 2.24) is 10.2 Å². The molecule has 1 heterocycles. The van der Waals surface area contributed by atoms with Crippen LogP contribution in [0.2, 0.25) is 0 Å². The van der Waals surface area contributed by atoms with E-state index in [2.05, 4.69) is 5.32 Å². The summed E-state index contributed by atoms with van der Waals surface area (Å²) in [6.07, 6.45) is 5.17. The molecule has 188 valence electrons. The van der Waals surface area contributed by atoms with Crippen molar-refractivity contribution >= 4 is 27.6 Å². The third kappa shape index (κ3) is 6.81. The molecule has 0 spiro atoms. The van der Waals surface area contributed by atoms with Crippen molar-refractivity contribution < 1.29 is 27.5 Å². The molecule has 1 saturated heterocycles. The molecule has 2 amide bonds. The van der Waals surface area contributed by atoms with Gasteiger partial charge in [0, 0.05) is 17.6 Å². The molecule has 1 saturated carbocycles. The fourth-order valence-electron chi connectivity index (χ4n) is 4.78. The van der Waals surface area contributed by atoms with Gasteiger partial charge < -0.3 is 15.0 Å². The lowest BCUT2D eigenvalue weighted by Crippen LogP contribution is -2.51. The first-order valence-electron chi connectivity index (χ1n) is 12.1. The number of nitrogens with one attached hydrogen (secondary N) is 1. The summed E-state index contributed by atoms with van der Waals surface area (Å²) >= 11 is 0. The number of hydrogen-bond donors (Lipinski definition) is 1. The van der Waals surface area contributed by atoms with E-state index in [1.165, 1.54) is 0 Å². The lowest BCUT2D eigenvalue weighted by molar-refractivity contribution is -0.156. The minimum atomic E-state index is -3.16. The standard InChI is InChI=1S/C25H36N2O6S/c1-17(2)23(26-24(29)19-11-9-18(3)10-12-19)25(30)33-15-22(28)27(20-7-5-4-6-8-20)21-13-14-34(31,32)16-21/h9-12,17,20-21,23H,4-8,13-16H2,1-3H3,(H,26,29)/t21?,23-/m0/s1. The maximum absolute atomic E-state index is 13.2. The van der Waals surface area contributed by atoms with Gasteiger partial charge in [-0.15, -0.1) is 0 Å². The number of esters is 1. The fourth-order valence-corrected chi connectivity index (χ4v) is 6.50. The molecule has 1 aromatic rings. The minimum absolute atomic E-state index is 0.0274. The van der Waals surface area contributed by atoms with Crippen LogP contribution in [-0.2, 0) is 24.2 Å². The Labute approximate surface area is 202 Å². The molecule has 2 atom stereocenters. The molecule has 0 aromatic heterocycles. The Bertz CT molecular complexity index is 983. The van der Waals surface area contributed by atoms with Crippen molar-refractivity contribution in [2.24, 2.45) is 5.92 Å². The van der Waals surface area contributed by atoms with Crippen LogP contribution >= 0.6 is 0 Å². The molecule has 0 radical (unpaired) electrons. The molecule has 1 aliphatic heterocycles. The van der Waals surface area contributed by atoms with Gasteiger partial charge in [-0.2, -0.15) is 0 Å². The monoisotopic (exact) mass is 492 g/mol. The first-order valence-corrected chi connectivity index (χ1v) is 14.0. The maximum Gasteiger partial charge on any atom is 0.329 e.